The molecular formula is C13H11N5O3S. The van der Waals surface area contributed by atoms with E-state index < -0.39 is 16.1 Å². The van der Waals surface area contributed by atoms with Crippen molar-refractivity contribution in [1.82, 2.24) is 14.5 Å². The molecule has 9 heteroatoms. The number of rotatable bonds is 2. The fourth-order valence-electron chi connectivity index (χ4n) is 2.33. The second-order valence-corrected chi connectivity index (χ2v) is 6.32. The summed E-state index contributed by atoms with van der Waals surface area (Å²) < 4.78 is 27.2. The van der Waals surface area contributed by atoms with E-state index >= 15 is 0 Å². The zero-order valence-corrected chi connectivity index (χ0v) is 12.3. The van der Waals surface area contributed by atoms with Gasteiger partial charge in [-0.3, -0.25) is 9.58 Å². The average Bonchev–Trinajstić information content (AvgIpc) is 2.86. The largest absolute Gasteiger partial charge is 0.336 e. The maximum absolute atomic E-state index is 12.1. The number of nitrogens with one attached hydrogen (secondary N) is 1. The first-order chi connectivity index (χ1) is 10.4. The molecule has 22 heavy (non-hydrogen) atoms. The van der Waals surface area contributed by atoms with Gasteiger partial charge in [-0.1, -0.05) is 18.2 Å². The predicted octanol–water partition coefficient (Wildman–Crippen LogP) is 0.710. The number of hydrogen-bond donors (Lipinski definition) is 1. The van der Waals surface area contributed by atoms with Crippen LogP contribution in [0.4, 0.5) is 10.5 Å². The molecule has 0 aliphatic carbocycles. The molecule has 2 heterocycles. The summed E-state index contributed by atoms with van der Waals surface area (Å²) in [6.07, 6.45) is 1.32. The van der Waals surface area contributed by atoms with E-state index in [1.165, 1.54) is 22.8 Å². The minimum absolute atomic E-state index is 0.0732. The van der Waals surface area contributed by atoms with Crippen LogP contribution < -0.4 is 9.62 Å². The van der Waals surface area contributed by atoms with Gasteiger partial charge in [0.2, 0.25) is 0 Å². The normalized spacial score (nSPS) is 15.8. The summed E-state index contributed by atoms with van der Waals surface area (Å²) in [6.45, 7) is 0.0732. The van der Waals surface area contributed by atoms with Crippen LogP contribution >= 0.6 is 0 Å². The lowest BCUT2D eigenvalue weighted by atomic mass is 10.1. The van der Waals surface area contributed by atoms with Crippen LogP contribution in [0.2, 0.25) is 0 Å². The van der Waals surface area contributed by atoms with Gasteiger partial charge in [0.15, 0.2) is 5.03 Å². The standard InChI is InChI=1S/C13H11N5O3S/c1-17-12-11(7-15-17)18(13(19)16-22(12,20)21)8-10-5-3-2-4-9(10)6-14/h2-5,7H,8H2,1H3,(H,16,19). The maximum atomic E-state index is 12.1. The summed E-state index contributed by atoms with van der Waals surface area (Å²) in [5.41, 5.74) is 1.24. The van der Waals surface area contributed by atoms with Gasteiger partial charge in [0, 0.05) is 7.05 Å². The van der Waals surface area contributed by atoms with E-state index in [9.17, 15) is 13.2 Å². The number of anilines is 1. The van der Waals surface area contributed by atoms with Gasteiger partial charge in [0.1, 0.15) is 5.69 Å². The molecule has 1 aromatic carbocycles. The van der Waals surface area contributed by atoms with Gasteiger partial charge in [-0.2, -0.15) is 18.8 Å². The summed E-state index contributed by atoms with van der Waals surface area (Å²) in [6, 6.07) is 8.10. The quantitative estimate of drug-likeness (QED) is 0.877. The summed E-state index contributed by atoms with van der Waals surface area (Å²) in [5.74, 6) is 0. The van der Waals surface area contributed by atoms with Crippen LogP contribution in [-0.2, 0) is 23.6 Å². The molecule has 0 radical (unpaired) electrons. The number of carbonyl (C=O) groups excluding carboxylic acids is 1. The SMILES string of the molecule is Cn1ncc2c1S(=O)(=O)NC(=O)N2Cc1ccccc1C#N. The molecule has 8 nitrogen and oxygen atoms in total. The predicted molar refractivity (Wildman–Crippen MR) is 76.3 cm³/mol. The Hall–Kier alpha value is -2.86. The first-order valence-corrected chi connectivity index (χ1v) is 7.76. The minimum Gasteiger partial charge on any atom is -0.285 e. The fourth-order valence-corrected chi connectivity index (χ4v) is 3.60. The highest BCUT2D eigenvalue weighted by Gasteiger charge is 2.37. The minimum atomic E-state index is -3.93. The van der Waals surface area contributed by atoms with Crippen molar-refractivity contribution in [2.24, 2.45) is 7.05 Å². The van der Waals surface area contributed by atoms with E-state index in [-0.39, 0.29) is 17.3 Å². The van der Waals surface area contributed by atoms with E-state index in [4.69, 9.17) is 5.26 Å². The highest BCUT2D eigenvalue weighted by molar-refractivity contribution is 7.90. The molecule has 112 valence electrons. The summed E-state index contributed by atoms with van der Waals surface area (Å²) in [7, 11) is -2.44. The second kappa shape index (κ2) is 4.85. The lowest BCUT2D eigenvalue weighted by molar-refractivity contribution is 0.250. The first kappa shape index (κ1) is 14.1. The number of aryl methyl sites for hydroxylation is 1. The van der Waals surface area contributed by atoms with Crippen molar-refractivity contribution >= 4 is 21.7 Å². The third kappa shape index (κ3) is 2.10. The van der Waals surface area contributed by atoms with E-state index in [1.54, 1.807) is 24.3 Å². The lowest BCUT2D eigenvalue weighted by Crippen LogP contribution is -2.47. The van der Waals surface area contributed by atoms with Crippen LogP contribution in [0.1, 0.15) is 11.1 Å². The molecule has 0 saturated heterocycles. The third-order valence-corrected chi connectivity index (χ3v) is 4.77. The molecule has 2 aromatic rings. The van der Waals surface area contributed by atoms with Crippen molar-refractivity contribution in [1.29, 1.82) is 5.26 Å². The van der Waals surface area contributed by atoms with Crippen LogP contribution in [0.15, 0.2) is 35.5 Å². The average molecular weight is 317 g/mol. The molecule has 3 rings (SSSR count). The Morgan fingerprint density at radius 2 is 2.09 bits per heavy atom. The molecule has 1 aliphatic rings. The summed E-state index contributed by atoms with van der Waals surface area (Å²) in [5, 5.41) is 12.9. The van der Waals surface area contributed by atoms with Gasteiger partial charge < -0.3 is 0 Å². The number of nitrogens with zero attached hydrogens (tertiary/aromatic N) is 4. The van der Waals surface area contributed by atoms with E-state index in [2.05, 4.69) is 5.10 Å². The summed E-state index contributed by atoms with van der Waals surface area (Å²) in [4.78, 5) is 13.4. The molecule has 1 N–H and O–H groups in total. The second-order valence-electron chi connectivity index (χ2n) is 4.72. The fraction of sp³-hybridized carbons (Fsp3) is 0.154. The Bertz CT molecular complexity index is 910. The number of amides is 2. The molecule has 1 aliphatic heterocycles. The van der Waals surface area contributed by atoms with Gasteiger partial charge in [-0.25, -0.2) is 9.52 Å². The Balaban J connectivity index is 2.08. The number of hydrogen-bond acceptors (Lipinski definition) is 5. The number of sulfonamides is 1. The van der Waals surface area contributed by atoms with Crippen molar-refractivity contribution in [2.75, 3.05) is 4.90 Å². The Labute approximate surface area is 126 Å². The Morgan fingerprint density at radius 3 is 2.82 bits per heavy atom. The highest BCUT2D eigenvalue weighted by atomic mass is 32.2. The maximum Gasteiger partial charge on any atom is 0.336 e. The number of nitriles is 1. The van der Waals surface area contributed by atoms with Crippen LogP contribution in [0.25, 0.3) is 0 Å². The molecule has 2 amide bonds. The van der Waals surface area contributed by atoms with E-state index in [0.717, 1.165) is 0 Å². The Morgan fingerprint density at radius 1 is 1.36 bits per heavy atom. The smallest absolute Gasteiger partial charge is 0.285 e. The number of carbonyl (C=O) groups is 1. The lowest BCUT2D eigenvalue weighted by Gasteiger charge is -2.27. The number of urea groups is 1. The molecule has 0 atom stereocenters. The van der Waals surface area contributed by atoms with Crippen LogP contribution in [0.3, 0.4) is 0 Å². The number of benzene rings is 1. The number of aromatic nitrogens is 2. The molecular weight excluding hydrogens is 306 g/mol. The topological polar surface area (TPSA) is 108 Å². The third-order valence-electron chi connectivity index (χ3n) is 3.34. The molecule has 1 aromatic heterocycles. The van der Waals surface area contributed by atoms with Crippen molar-refractivity contribution in [3.63, 3.8) is 0 Å². The Kier molecular flexibility index (Phi) is 3.11. The highest BCUT2D eigenvalue weighted by Crippen LogP contribution is 2.30. The van der Waals surface area contributed by atoms with Gasteiger partial charge in [0.25, 0.3) is 10.0 Å². The van der Waals surface area contributed by atoms with E-state index in [0.29, 0.717) is 11.1 Å². The monoisotopic (exact) mass is 317 g/mol. The van der Waals surface area contributed by atoms with Crippen molar-refractivity contribution in [3.05, 3.63) is 41.6 Å². The van der Waals surface area contributed by atoms with Crippen molar-refractivity contribution in [3.8, 4) is 6.07 Å². The zero-order chi connectivity index (χ0) is 15.9. The van der Waals surface area contributed by atoms with Gasteiger partial charge in [0.05, 0.1) is 24.4 Å². The molecule has 0 saturated carbocycles. The number of fused-ring (bicyclic) bond motifs is 1. The van der Waals surface area contributed by atoms with Gasteiger partial charge in [-0.05, 0) is 11.6 Å². The van der Waals surface area contributed by atoms with Gasteiger partial charge >= 0.3 is 6.03 Å². The molecule has 0 unspecified atom stereocenters. The molecule has 0 spiro atoms. The molecule has 0 bridgehead atoms. The van der Waals surface area contributed by atoms with Crippen LogP contribution in [0, 0.1) is 11.3 Å². The van der Waals surface area contributed by atoms with Crippen LogP contribution in [0.5, 0.6) is 0 Å². The first-order valence-electron chi connectivity index (χ1n) is 6.28. The summed E-state index contributed by atoms with van der Waals surface area (Å²) >= 11 is 0. The zero-order valence-electron chi connectivity index (χ0n) is 11.5. The van der Waals surface area contributed by atoms with Crippen LogP contribution in [-0.4, -0.2) is 24.2 Å². The molecule has 0 fully saturated rings. The van der Waals surface area contributed by atoms with Crippen molar-refractivity contribution in [2.45, 2.75) is 11.6 Å². The van der Waals surface area contributed by atoms with E-state index in [1.807, 2.05) is 10.8 Å². The van der Waals surface area contributed by atoms with Crippen molar-refractivity contribution < 1.29 is 13.2 Å². The van der Waals surface area contributed by atoms with Gasteiger partial charge in [-0.15, -0.1) is 0 Å².